The van der Waals surface area contributed by atoms with Gasteiger partial charge in [-0.05, 0) is 24.3 Å². The highest BCUT2D eigenvalue weighted by Gasteiger charge is 2.09. The summed E-state index contributed by atoms with van der Waals surface area (Å²) >= 11 is 11.2. The predicted octanol–water partition coefficient (Wildman–Crippen LogP) is 3.31. The van der Waals surface area contributed by atoms with Crippen molar-refractivity contribution in [2.24, 2.45) is 5.73 Å². The van der Waals surface area contributed by atoms with Gasteiger partial charge in [0.05, 0.1) is 22.4 Å². The van der Waals surface area contributed by atoms with E-state index in [1.54, 1.807) is 10.7 Å². The third-order valence-corrected chi connectivity index (χ3v) is 3.48. The number of nitrogens with zero attached hydrogens (tertiary/aromatic N) is 2. The van der Waals surface area contributed by atoms with E-state index >= 15 is 0 Å². The van der Waals surface area contributed by atoms with E-state index in [1.807, 2.05) is 42.6 Å². The summed E-state index contributed by atoms with van der Waals surface area (Å²) in [6.07, 6.45) is 1.81. The lowest BCUT2D eigenvalue weighted by atomic mass is 10.2. The van der Waals surface area contributed by atoms with E-state index in [-0.39, 0.29) is 0 Å². The number of hydrogen-bond donors (Lipinski definition) is 1. The van der Waals surface area contributed by atoms with E-state index < -0.39 is 0 Å². The first-order valence-corrected chi connectivity index (χ1v) is 6.48. The predicted molar refractivity (Wildman–Crippen MR) is 82.0 cm³/mol. The molecule has 5 heteroatoms. The summed E-state index contributed by atoms with van der Waals surface area (Å²) in [7, 11) is 0. The van der Waals surface area contributed by atoms with Crippen LogP contribution in [0.5, 0.6) is 0 Å². The van der Waals surface area contributed by atoms with E-state index in [1.165, 1.54) is 0 Å². The van der Waals surface area contributed by atoms with Crippen LogP contribution in [0.4, 0.5) is 0 Å². The summed E-state index contributed by atoms with van der Waals surface area (Å²) in [5, 5.41) is 6.00. The summed E-state index contributed by atoms with van der Waals surface area (Å²) in [4.78, 5) is 0.332. The Hall–Kier alpha value is -1.91. The van der Waals surface area contributed by atoms with E-state index in [0.717, 1.165) is 22.2 Å². The molecule has 0 bridgehead atoms. The number of fused-ring (bicyclic) bond motifs is 1. The fourth-order valence-corrected chi connectivity index (χ4v) is 2.38. The summed E-state index contributed by atoms with van der Waals surface area (Å²) in [6, 6.07) is 13.4. The third-order valence-electron chi connectivity index (χ3n) is 2.94. The maximum absolute atomic E-state index is 6.29. The number of halogens is 1. The van der Waals surface area contributed by atoms with Gasteiger partial charge in [-0.2, -0.15) is 5.10 Å². The first-order valence-electron chi connectivity index (χ1n) is 5.69. The van der Waals surface area contributed by atoms with Gasteiger partial charge in [-0.3, -0.25) is 0 Å². The zero-order chi connectivity index (χ0) is 13.4. The van der Waals surface area contributed by atoms with Gasteiger partial charge in [-0.15, -0.1) is 0 Å². The molecule has 0 unspecified atom stereocenters. The van der Waals surface area contributed by atoms with Crippen molar-refractivity contribution in [3.8, 4) is 5.69 Å². The van der Waals surface area contributed by atoms with Gasteiger partial charge >= 0.3 is 0 Å². The second-order valence-corrected chi connectivity index (χ2v) is 4.99. The van der Waals surface area contributed by atoms with Crippen LogP contribution in [-0.2, 0) is 0 Å². The van der Waals surface area contributed by atoms with Crippen LogP contribution in [0.15, 0.2) is 48.7 Å². The second kappa shape index (κ2) is 4.64. The smallest absolute Gasteiger partial charge is 0.104 e. The molecule has 94 valence electrons. The van der Waals surface area contributed by atoms with E-state index in [0.29, 0.717) is 10.0 Å². The summed E-state index contributed by atoms with van der Waals surface area (Å²) in [5.41, 5.74) is 8.16. The van der Waals surface area contributed by atoms with Crippen LogP contribution < -0.4 is 5.73 Å². The van der Waals surface area contributed by atoms with Crippen molar-refractivity contribution >= 4 is 39.7 Å². The van der Waals surface area contributed by atoms with Crippen LogP contribution >= 0.6 is 23.8 Å². The highest BCUT2D eigenvalue weighted by atomic mass is 35.5. The molecule has 0 aliphatic carbocycles. The second-order valence-electron chi connectivity index (χ2n) is 4.15. The molecule has 2 N–H and O–H groups in total. The van der Waals surface area contributed by atoms with Crippen molar-refractivity contribution in [1.82, 2.24) is 9.78 Å². The maximum atomic E-state index is 6.29. The molecule has 0 amide bonds. The minimum Gasteiger partial charge on any atom is -0.389 e. The van der Waals surface area contributed by atoms with Crippen molar-refractivity contribution in [2.45, 2.75) is 0 Å². The van der Waals surface area contributed by atoms with Crippen LogP contribution in [0.25, 0.3) is 16.6 Å². The van der Waals surface area contributed by atoms with Crippen LogP contribution in [0.2, 0.25) is 5.02 Å². The van der Waals surface area contributed by atoms with Crippen molar-refractivity contribution < 1.29 is 0 Å². The zero-order valence-electron chi connectivity index (χ0n) is 9.88. The Morgan fingerprint density at radius 2 is 2.00 bits per heavy atom. The maximum Gasteiger partial charge on any atom is 0.104 e. The fourth-order valence-electron chi connectivity index (χ4n) is 2.00. The molecule has 3 aromatic rings. The molecule has 3 nitrogen and oxygen atoms in total. The molecule has 0 saturated heterocycles. The number of thiocarbonyl (C=S) groups is 1. The minimum absolute atomic E-state index is 0.332. The summed E-state index contributed by atoms with van der Waals surface area (Å²) in [5.74, 6) is 0. The Kier molecular flexibility index (Phi) is 2.97. The van der Waals surface area contributed by atoms with Gasteiger partial charge in [0, 0.05) is 10.9 Å². The zero-order valence-corrected chi connectivity index (χ0v) is 11.4. The van der Waals surface area contributed by atoms with E-state index in [2.05, 4.69) is 5.10 Å². The molecule has 0 spiro atoms. The van der Waals surface area contributed by atoms with E-state index in [9.17, 15) is 0 Å². The highest BCUT2D eigenvalue weighted by molar-refractivity contribution is 7.80. The molecule has 1 aromatic heterocycles. The van der Waals surface area contributed by atoms with Gasteiger partial charge < -0.3 is 5.73 Å². The summed E-state index contributed by atoms with van der Waals surface area (Å²) < 4.78 is 1.81. The number of para-hydroxylation sites is 1. The molecule has 0 atom stereocenters. The lowest BCUT2D eigenvalue weighted by Crippen LogP contribution is -2.09. The lowest BCUT2D eigenvalue weighted by molar-refractivity contribution is 0.911. The molecular formula is C14H10ClN3S. The highest BCUT2D eigenvalue weighted by Crippen LogP contribution is 2.25. The Morgan fingerprint density at radius 3 is 2.74 bits per heavy atom. The van der Waals surface area contributed by atoms with Crippen molar-refractivity contribution in [1.29, 1.82) is 0 Å². The lowest BCUT2D eigenvalue weighted by Gasteiger charge is -2.07. The Labute approximate surface area is 120 Å². The SMILES string of the molecule is NC(=S)c1ccc(-n2ncc3ccccc32)c(Cl)c1. The molecule has 3 rings (SSSR count). The number of aromatic nitrogens is 2. The van der Waals surface area contributed by atoms with Crippen molar-refractivity contribution in [3.05, 3.63) is 59.2 Å². The van der Waals surface area contributed by atoms with E-state index in [4.69, 9.17) is 29.6 Å². The average molecular weight is 288 g/mol. The number of hydrogen-bond acceptors (Lipinski definition) is 2. The normalized spacial score (nSPS) is 10.8. The van der Waals surface area contributed by atoms with Crippen LogP contribution in [0.3, 0.4) is 0 Å². The molecule has 2 aromatic carbocycles. The number of nitrogens with two attached hydrogens (primary N) is 1. The van der Waals surface area contributed by atoms with Gasteiger partial charge in [0.15, 0.2) is 0 Å². The summed E-state index contributed by atoms with van der Waals surface area (Å²) in [6.45, 7) is 0. The molecule has 0 aliphatic rings. The molecule has 19 heavy (non-hydrogen) atoms. The van der Waals surface area contributed by atoms with Gasteiger partial charge in [-0.1, -0.05) is 42.0 Å². The molecule has 0 aliphatic heterocycles. The van der Waals surface area contributed by atoms with Crippen molar-refractivity contribution in [2.75, 3.05) is 0 Å². The quantitative estimate of drug-likeness (QED) is 0.736. The third kappa shape index (κ3) is 2.09. The molecular weight excluding hydrogens is 278 g/mol. The molecule has 0 saturated carbocycles. The molecule has 0 fully saturated rings. The number of benzene rings is 2. The van der Waals surface area contributed by atoms with Crippen LogP contribution in [0.1, 0.15) is 5.56 Å². The van der Waals surface area contributed by atoms with Gasteiger partial charge in [0.25, 0.3) is 0 Å². The van der Waals surface area contributed by atoms with Crippen molar-refractivity contribution in [3.63, 3.8) is 0 Å². The monoisotopic (exact) mass is 287 g/mol. The molecule has 1 heterocycles. The largest absolute Gasteiger partial charge is 0.389 e. The van der Waals surface area contributed by atoms with Gasteiger partial charge in [0.2, 0.25) is 0 Å². The standard InChI is InChI=1S/C14H10ClN3S/c15-11-7-9(14(16)19)5-6-13(11)18-12-4-2-1-3-10(12)8-17-18/h1-8H,(H2,16,19). The Balaban J connectivity index is 2.19. The van der Waals surface area contributed by atoms with Crippen LogP contribution in [0, 0.1) is 0 Å². The molecule has 0 radical (unpaired) electrons. The average Bonchev–Trinajstić information content (AvgIpc) is 2.82. The van der Waals surface area contributed by atoms with Gasteiger partial charge in [0.1, 0.15) is 4.99 Å². The Morgan fingerprint density at radius 1 is 1.21 bits per heavy atom. The topological polar surface area (TPSA) is 43.8 Å². The first-order chi connectivity index (χ1) is 9.16. The fraction of sp³-hybridized carbons (Fsp3) is 0. The first kappa shape index (κ1) is 12.1. The Bertz CT molecular complexity index is 779. The van der Waals surface area contributed by atoms with Crippen LogP contribution in [-0.4, -0.2) is 14.8 Å². The minimum atomic E-state index is 0.332. The number of rotatable bonds is 2. The van der Waals surface area contributed by atoms with Gasteiger partial charge in [-0.25, -0.2) is 4.68 Å².